The monoisotopic (exact) mass is 345 g/mol. The lowest BCUT2D eigenvalue weighted by atomic mass is 9.99. The summed E-state index contributed by atoms with van der Waals surface area (Å²) in [6.07, 6.45) is -0.212. The predicted octanol–water partition coefficient (Wildman–Crippen LogP) is -0.311. The molecule has 0 saturated heterocycles. The summed E-state index contributed by atoms with van der Waals surface area (Å²) in [6, 6.07) is -2.13. The van der Waals surface area contributed by atoms with E-state index in [0.29, 0.717) is 6.42 Å². The van der Waals surface area contributed by atoms with Crippen molar-refractivity contribution in [1.29, 1.82) is 0 Å². The van der Waals surface area contributed by atoms with Gasteiger partial charge in [-0.25, -0.2) is 4.79 Å². The molecule has 138 valence electrons. The summed E-state index contributed by atoms with van der Waals surface area (Å²) in [4.78, 5) is 45.9. The van der Waals surface area contributed by atoms with Crippen LogP contribution in [0.4, 0.5) is 0 Å². The van der Waals surface area contributed by atoms with Crippen molar-refractivity contribution in [1.82, 2.24) is 10.6 Å². The highest BCUT2D eigenvalue weighted by Crippen LogP contribution is 2.08. The van der Waals surface area contributed by atoms with Gasteiger partial charge in [0, 0.05) is 6.42 Å². The third kappa shape index (κ3) is 7.91. The average molecular weight is 345 g/mol. The molecule has 24 heavy (non-hydrogen) atoms. The van der Waals surface area contributed by atoms with Gasteiger partial charge in [-0.15, -0.1) is 0 Å². The van der Waals surface area contributed by atoms with E-state index < -0.39 is 47.8 Å². The maximum absolute atomic E-state index is 12.2. The molecule has 0 aliphatic rings. The third-order valence-corrected chi connectivity index (χ3v) is 3.32. The van der Waals surface area contributed by atoms with Crippen molar-refractivity contribution in [2.24, 2.45) is 11.7 Å². The Hall–Kier alpha value is -2.16. The van der Waals surface area contributed by atoms with Crippen LogP contribution in [0.15, 0.2) is 0 Å². The molecule has 0 heterocycles. The summed E-state index contributed by atoms with van der Waals surface area (Å²) in [5, 5.41) is 22.4. The van der Waals surface area contributed by atoms with Crippen molar-refractivity contribution < 1.29 is 29.4 Å². The number of carboxylic acid groups (broad SMARTS) is 2. The predicted molar refractivity (Wildman–Crippen MR) is 86.1 cm³/mol. The molecule has 2 atom stereocenters. The maximum atomic E-state index is 12.2. The summed E-state index contributed by atoms with van der Waals surface area (Å²) in [6.45, 7) is 6.65. The van der Waals surface area contributed by atoms with Crippen molar-refractivity contribution in [2.75, 3.05) is 0 Å². The van der Waals surface area contributed by atoms with Gasteiger partial charge >= 0.3 is 11.9 Å². The van der Waals surface area contributed by atoms with E-state index in [1.54, 1.807) is 0 Å². The number of nitrogens with two attached hydrogens (primary N) is 1. The van der Waals surface area contributed by atoms with Gasteiger partial charge in [0.25, 0.3) is 0 Å². The van der Waals surface area contributed by atoms with E-state index in [1.165, 1.54) is 13.8 Å². The average Bonchev–Trinajstić information content (AvgIpc) is 2.41. The van der Waals surface area contributed by atoms with Crippen molar-refractivity contribution in [3.8, 4) is 0 Å². The molecule has 0 aromatic rings. The first-order valence-corrected chi connectivity index (χ1v) is 7.70. The number of carbonyl (C=O) groups is 4. The highest BCUT2D eigenvalue weighted by Gasteiger charge is 2.34. The van der Waals surface area contributed by atoms with Crippen molar-refractivity contribution in [3.05, 3.63) is 0 Å². The van der Waals surface area contributed by atoms with Gasteiger partial charge in [-0.1, -0.05) is 13.8 Å². The number of amides is 2. The molecule has 0 spiro atoms. The largest absolute Gasteiger partial charge is 0.481 e. The fourth-order valence-electron chi connectivity index (χ4n) is 1.94. The molecular formula is C15H27N3O6. The molecule has 0 aromatic heterocycles. The minimum absolute atomic E-state index is 0.204. The molecule has 0 aliphatic heterocycles. The van der Waals surface area contributed by atoms with E-state index in [2.05, 4.69) is 10.6 Å². The summed E-state index contributed by atoms with van der Waals surface area (Å²) < 4.78 is 0. The lowest BCUT2D eigenvalue weighted by molar-refractivity contribution is -0.144. The number of hydrogen-bond acceptors (Lipinski definition) is 5. The van der Waals surface area contributed by atoms with Gasteiger partial charge in [0.15, 0.2) is 0 Å². The van der Waals surface area contributed by atoms with E-state index in [1.807, 2.05) is 13.8 Å². The van der Waals surface area contributed by atoms with Crippen LogP contribution in [-0.2, 0) is 19.2 Å². The fourth-order valence-corrected chi connectivity index (χ4v) is 1.94. The van der Waals surface area contributed by atoms with Crippen LogP contribution < -0.4 is 16.4 Å². The molecule has 0 unspecified atom stereocenters. The number of aliphatic carboxylic acids is 2. The van der Waals surface area contributed by atoms with Crippen LogP contribution in [0.2, 0.25) is 0 Å². The fraction of sp³-hybridized carbons (Fsp3) is 0.733. The third-order valence-electron chi connectivity index (χ3n) is 3.32. The van der Waals surface area contributed by atoms with Crippen molar-refractivity contribution in [3.63, 3.8) is 0 Å². The molecule has 0 rings (SSSR count). The first-order valence-electron chi connectivity index (χ1n) is 7.70. The summed E-state index contributed by atoms with van der Waals surface area (Å²) in [5.74, 6) is -3.55. The van der Waals surface area contributed by atoms with Crippen LogP contribution in [0, 0.1) is 5.92 Å². The van der Waals surface area contributed by atoms with Gasteiger partial charge in [0.1, 0.15) is 11.6 Å². The van der Waals surface area contributed by atoms with E-state index in [0.717, 1.165) is 0 Å². The molecule has 2 amide bonds. The zero-order valence-electron chi connectivity index (χ0n) is 14.5. The Balaban J connectivity index is 4.82. The number of carboxylic acids is 2. The zero-order chi connectivity index (χ0) is 19.1. The highest BCUT2D eigenvalue weighted by atomic mass is 16.4. The minimum atomic E-state index is -1.39. The molecule has 0 aromatic carbocycles. The molecule has 0 saturated carbocycles. The Bertz CT molecular complexity index is 490. The Morgan fingerprint density at radius 1 is 1.12 bits per heavy atom. The summed E-state index contributed by atoms with van der Waals surface area (Å²) in [7, 11) is 0. The van der Waals surface area contributed by atoms with Gasteiger partial charge in [-0.2, -0.15) is 0 Å². The van der Waals surface area contributed by atoms with E-state index in [-0.39, 0.29) is 12.3 Å². The maximum Gasteiger partial charge on any atom is 0.326 e. The van der Waals surface area contributed by atoms with Crippen molar-refractivity contribution >= 4 is 23.8 Å². The van der Waals surface area contributed by atoms with E-state index in [4.69, 9.17) is 15.9 Å². The normalized spacial score (nSPS) is 13.9. The van der Waals surface area contributed by atoms with Gasteiger partial charge in [-0.05, 0) is 32.6 Å². The minimum Gasteiger partial charge on any atom is -0.481 e. The quantitative estimate of drug-likeness (QED) is 0.363. The number of nitrogens with one attached hydrogen (secondary N) is 2. The topological polar surface area (TPSA) is 159 Å². The van der Waals surface area contributed by atoms with Crippen molar-refractivity contribution in [2.45, 2.75) is 64.6 Å². The van der Waals surface area contributed by atoms with Gasteiger partial charge < -0.3 is 26.6 Å². The number of carbonyl (C=O) groups excluding carboxylic acids is 2. The summed E-state index contributed by atoms with van der Waals surface area (Å²) in [5.41, 5.74) is 4.37. The second-order valence-electron chi connectivity index (χ2n) is 6.65. The zero-order valence-corrected chi connectivity index (χ0v) is 14.5. The Kier molecular flexibility index (Phi) is 8.38. The lowest BCUT2D eigenvalue weighted by Gasteiger charge is -2.28. The van der Waals surface area contributed by atoms with Crippen LogP contribution >= 0.6 is 0 Å². The number of rotatable bonds is 10. The Labute approximate surface area is 141 Å². The van der Waals surface area contributed by atoms with Crippen LogP contribution in [-0.4, -0.2) is 51.6 Å². The second-order valence-corrected chi connectivity index (χ2v) is 6.65. The Morgan fingerprint density at radius 2 is 1.67 bits per heavy atom. The van der Waals surface area contributed by atoms with Crippen LogP contribution in [0.1, 0.15) is 47.0 Å². The first-order chi connectivity index (χ1) is 10.9. The standard InChI is InChI=1S/C15H27N3O6/c1-8(2)7-9(16)12(21)18-15(3,4)14(24)17-10(13(22)23)5-6-11(19)20/h8-10H,5-7,16H2,1-4H3,(H,17,24)(H,18,21)(H,19,20)(H,22,23)/t9-,10-/m0/s1. The molecule has 0 radical (unpaired) electrons. The van der Waals surface area contributed by atoms with Crippen LogP contribution in [0.25, 0.3) is 0 Å². The molecular weight excluding hydrogens is 318 g/mol. The smallest absolute Gasteiger partial charge is 0.326 e. The van der Waals surface area contributed by atoms with Crippen LogP contribution in [0.3, 0.4) is 0 Å². The Morgan fingerprint density at radius 3 is 2.08 bits per heavy atom. The van der Waals surface area contributed by atoms with Gasteiger partial charge in [-0.3, -0.25) is 14.4 Å². The molecule has 0 fully saturated rings. The molecule has 6 N–H and O–H groups in total. The lowest BCUT2D eigenvalue weighted by Crippen LogP contribution is -2.60. The first kappa shape index (κ1) is 21.8. The van der Waals surface area contributed by atoms with Crippen LogP contribution in [0.5, 0.6) is 0 Å². The molecule has 0 bridgehead atoms. The van der Waals surface area contributed by atoms with E-state index >= 15 is 0 Å². The van der Waals surface area contributed by atoms with E-state index in [9.17, 15) is 19.2 Å². The molecule has 0 aliphatic carbocycles. The van der Waals surface area contributed by atoms with Gasteiger partial charge in [0.05, 0.1) is 6.04 Å². The second kappa shape index (κ2) is 9.21. The SMILES string of the molecule is CC(C)C[C@H](N)C(=O)NC(C)(C)C(=O)N[C@@H](CCC(=O)O)C(=O)O. The molecule has 9 nitrogen and oxygen atoms in total. The highest BCUT2D eigenvalue weighted by molar-refractivity contribution is 5.94. The summed E-state index contributed by atoms with van der Waals surface area (Å²) >= 11 is 0. The molecule has 9 heteroatoms. The number of hydrogen-bond donors (Lipinski definition) is 5. The van der Waals surface area contributed by atoms with Gasteiger partial charge in [0.2, 0.25) is 11.8 Å².